The van der Waals surface area contributed by atoms with E-state index >= 15 is 0 Å². The number of rotatable bonds is 4. The van der Waals surface area contributed by atoms with Crippen LogP contribution in [-0.2, 0) is 9.59 Å². The third-order valence-corrected chi connectivity index (χ3v) is 3.38. The minimum atomic E-state index is -0.844. The maximum Gasteiger partial charge on any atom is 0.329 e. The van der Waals surface area contributed by atoms with Crippen molar-refractivity contribution in [3.05, 3.63) is 58.6 Å². The first kappa shape index (κ1) is 17.5. The highest BCUT2D eigenvalue weighted by atomic mass is 35.5. The van der Waals surface area contributed by atoms with Crippen molar-refractivity contribution in [3.63, 3.8) is 0 Å². The molecule has 0 saturated carbocycles. The predicted octanol–water partition coefficient (Wildman–Crippen LogP) is 2.59. The van der Waals surface area contributed by atoms with Gasteiger partial charge in [-0.3, -0.25) is 9.59 Å². The van der Waals surface area contributed by atoms with Crippen molar-refractivity contribution in [2.24, 2.45) is 5.10 Å². The molecule has 0 spiro atoms. The van der Waals surface area contributed by atoms with Crippen molar-refractivity contribution in [2.75, 3.05) is 12.4 Å². The van der Waals surface area contributed by atoms with Crippen LogP contribution in [0.5, 0.6) is 0 Å². The number of aryl methyl sites for hydroxylation is 1. The molecule has 124 valence electrons. The summed E-state index contributed by atoms with van der Waals surface area (Å²) in [6, 6.07) is 13.2. The number of hydrazone groups is 1. The number of anilines is 2. The molecule has 6 nitrogen and oxygen atoms in total. The summed E-state index contributed by atoms with van der Waals surface area (Å²) in [5.74, 6) is -1.61. The lowest BCUT2D eigenvalue weighted by Crippen LogP contribution is -2.35. The summed E-state index contributed by atoms with van der Waals surface area (Å²) in [7, 11) is 1.37. The summed E-state index contributed by atoms with van der Waals surface area (Å²) in [5, 5.41) is 9.79. The monoisotopic (exact) mass is 344 g/mol. The fraction of sp³-hybridized carbons (Fsp3) is 0.118. The summed E-state index contributed by atoms with van der Waals surface area (Å²) < 4.78 is 0. The number of amides is 2. The molecule has 2 aromatic rings. The van der Waals surface area contributed by atoms with Gasteiger partial charge in [0.1, 0.15) is 0 Å². The predicted molar refractivity (Wildman–Crippen MR) is 95.7 cm³/mol. The molecule has 2 aromatic carbocycles. The lowest BCUT2D eigenvalue weighted by Gasteiger charge is -2.10. The molecule has 0 aliphatic rings. The molecule has 0 unspecified atom stereocenters. The van der Waals surface area contributed by atoms with Crippen molar-refractivity contribution < 1.29 is 9.59 Å². The number of halogens is 1. The van der Waals surface area contributed by atoms with Gasteiger partial charge in [0.05, 0.1) is 6.21 Å². The maximum absolute atomic E-state index is 11.4. The Bertz CT molecular complexity index is 773. The number of nitrogens with one attached hydrogen (secondary N) is 3. The number of carbonyl (C=O) groups excluding carboxylic acids is 2. The van der Waals surface area contributed by atoms with Crippen molar-refractivity contribution in [1.29, 1.82) is 0 Å². The van der Waals surface area contributed by atoms with Gasteiger partial charge in [-0.25, -0.2) is 5.43 Å². The van der Waals surface area contributed by atoms with Gasteiger partial charge in [-0.1, -0.05) is 29.3 Å². The smallest absolute Gasteiger partial charge is 0.329 e. The SMILES string of the molecule is CNC(=O)C(=O)N/N=C\c1cc(Cl)ccc1Nc1ccc(C)cc1. The molecule has 0 radical (unpaired) electrons. The highest BCUT2D eigenvalue weighted by Gasteiger charge is 2.09. The van der Waals surface area contributed by atoms with Gasteiger partial charge in [-0.15, -0.1) is 0 Å². The molecule has 0 bridgehead atoms. The van der Waals surface area contributed by atoms with Crippen LogP contribution in [0.15, 0.2) is 47.6 Å². The fourth-order valence-corrected chi connectivity index (χ4v) is 2.05. The van der Waals surface area contributed by atoms with E-state index in [2.05, 4.69) is 21.2 Å². The molecule has 0 atom stereocenters. The molecule has 0 fully saturated rings. The van der Waals surface area contributed by atoms with Gasteiger partial charge in [0, 0.05) is 29.0 Å². The number of hydrogen-bond donors (Lipinski definition) is 3. The molecule has 0 aromatic heterocycles. The third kappa shape index (κ3) is 4.82. The minimum absolute atomic E-state index is 0.531. The first-order valence-electron chi connectivity index (χ1n) is 7.18. The number of hydrogen-bond acceptors (Lipinski definition) is 4. The second-order valence-corrected chi connectivity index (χ2v) is 5.44. The summed E-state index contributed by atoms with van der Waals surface area (Å²) in [6.07, 6.45) is 1.42. The van der Waals surface area contributed by atoms with Crippen LogP contribution in [0.1, 0.15) is 11.1 Å². The number of nitrogens with zero attached hydrogens (tertiary/aromatic N) is 1. The Morgan fingerprint density at radius 2 is 1.79 bits per heavy atom. The third-order valence-electron chi connectivity index (χ3n) is 3.15. The number of benzene rings is 2. The van der Waals surface area contributed by atoms with Crippen LogP contribution < -0.4 is 16.1 Å². The van der Waals surface area contributed by atoms with Crippen LogP contribution in [0.2, 0.25) is 5.02 Å². The molecule has 0 aliphatic carbocycles. The lowest BCUT2D eigenvalue weighted by atomic mass is 10.1. The highest BCUT2D eigenvalue weighted by Crippen LogP contribution is 2.23. The van der Waals surface area contributed by atoms with Gasteiger partial charge in [0.2, 0.25) is 0 Å². The fourth-order valence-electron chi connectivity index (χ4n) is 1.87. The molecule has 3 N–H and O–H groups in total. The minimum Gasteiger partial charge on any atom is -0.355 e. The number of carbonyl (C=O) groups is 2. The normalized spacial score (nSPS) is 10.5. The van der Waals surface area contributed by atoms with Gasteiger partial charge in [-0.05, 0) is 37.3 Å². The van der Waals surface area contributed by atoms with Crippen LogP contribution in [0, 0.1) is 6.92 Å². The molecular formula is C17H17ClN4O2. The summed E-state index contributed by atoms with van der Waals surface area (Å²) in [6.45, 7) is 2.01. The Balaban J connectivity index is 2.16. The maximum atomic E-state index is 11.4. The van der Waals surface area contributed by atoms with Crippen LogP contribution in [0.25, 0.3) is 0 Å². The van der Waals surface area contributed by atoms with Crippen LogP contribution in [0.4, 0.5) is 11.4 Å². The molecule has 7 heteroatoms. The lowest BCUT2D eigenvalue weighted by molar-refractivity contribution is -0.138. The largest absolute Gasteiger partial charge is 0.355 e. The van der Waals surface area contributed by atoms with Crippen LogP contribution in [0.3, 0.4) is 0 Å². The van der Waals surface area contributed by atoms with Gasteiger partial charge in [0.25, 0.3) is 0 Å². The Kier molecular flexibility index (Phi) is 5.92. The summed E-state index contributed by atoms with van der Waals surface area (Å²) >= 11 is 6.01. The van der Waals surface area contributed by atoms with Gasteiger partial charge < -0.3 is 10.6 Å². The van der Waals surface area contributed by atoms with Crippen LogP contribution in [-0.4, -0.2) is 25.1 Å². The average Bonchev–Trinajstić information content (AvgIpc) is 2.58. The molecule has 2 rings (SSSR count). The van der Waals surface area contributed by atoms with Crippen molar-refractivity contribution >= 4 is 41.0 Å². The van der Waals surface area contributed by atoms with Gasteiger partial charge in [0.15, 0.2) is 0 Å². The van der Waals surface area contributed by atoms with E-state index in [4.69, 9.17) is 11.6 Å². The molecule has 0 heterocycles. The Morgan fingerprint density at radius 1 is 1.08 bits per heavy atom. The topological polar surface area (TPSA) is 82.6 Å². The van der Waals surface area contributed by atoms with Crippen molar-refractivity contribution in [2.45, 2.75) is 6.92 Å². The highest BCUT2D eigenvalue weighted by molar-refractivity contribution is 6.35. The first-order valence-corrected chi connectivity index (χ1v) is 7.56. The van der Waals surface area contributed by atoms with E-state index < -0.39 is 11.8 Å². The summed E-state index contributed by atoms with van der Waals surface area (Å²) in [4.78, 5) is 22.5. The van der Waals surface area contributed by atoms with Crippen LogP contribution >= 0.6 is 11.6 Å². The van der Waals surface area contributed by atoms with E-state index in [1.54, 1.807) is 12.1 Å². The van der Waals surface area contributed by atoms with E-state index in [0.29, 0.717) is 10.6 Å². The standard InChI is InChI=1S/C17H17ClN4O2/c1-11-3-6-14(7-4-11)21-15-8-5-13(18)9-12(15)10-20-22-17(24)16(23)19-2/h3-10,21H,1-2H3,(H,19,23)(H,22,24)/b20-10-. The van der Waals surface area contributed by atoms with E-state index in [-0.39, 0.29) is 0 Å². The quantitative estimate of drug-likeness (QED) is 0.453. The zero-order valence-electron chi connectivity index (χ0n) is 13.3. The second-order valence-electron chi connectivity index (χ2n) is 5.00. The van der Waals surface area contributed by atoms with E-state index in [0.717, 1.165) is 16.9 Å². The zero-order chi connectivity index (χ0) is 17.5. The molecule has 2 amide bonds. The average molecular weight is 345 g/mol. The Morgan fingerprint density at radius 3 is 2.46 bits per heavy atom. The van der Waals surface area contributed by atoms with Gasteiger partial charge in [-0.2, -0.15) is 5.10 Å². The first-order chi connectivity index (χ1) is 11.5. The van der Waals surface area contributed by atoms with Gasteiger partial charge >= 0.3 is 11.8 Å². The zero-order valence-corrected chi connectivity index (χ0v) is 14.0. The van der Waals surface area contributed by atoms with E-state index in [9.17, 15) is 9.59 Å². The van der Waals surface area contributed by atoms with E-state index in [1.807, 2.05) is 37.3 Å². The van der Waals surface area contributed by atoms with Crippen molar-refractivity contribution in [1.82, 2.24) is 10.7 Å². The summed E-state index contributed by atoms with van der Waals surface area (Å²) in [5.41, 5.74) is 5.65. The Hall–Kier alpha value is -2.86. The van der Waals surface area contributed by atoms with Crippen molar-refractivity contribution in [3.8, 4) is 0 Å². The number of likely N-dealkylation sites (N-methyl/N-ethyl adjacent to an activating group) is 1. The second kappa shape index (κ2) is 8.12. The molecule has 24 heavy (non-hydrogen) atoms. The Labute approximate surface area is 144 Å². The van der Waals surface area contributed by atoms with E-state index in [1.165, 1.54) is 13.3 Å². The molecule has 0 aliphatic heterocycles. The molecule has 0 saturated heterocycles. The molecular weight excluding hydrogens is 328 g/mol.